The molecule has 0 spiro atoms. The molecule has 1 aromatic heterocycles. The van der Waals surface area contributed by atoms with Gasteiger partial charge in [-0.3, -0.25) is 4.79 Å². The summed E-state index contributed by atoms with van der Waals surface area (Å²) in [4.78, 5) is 10.5. The molecule has 1 N–H and O–H groups in total. The first kappa shape index (κ1) is 11.9. The highest BCUT2D eigenvalue weighted by Gasteiger charge is 2.05. The number of aryl methyl sites for hydroxylation is 1. The molecule has 88 valence electrons. The van der Waals surface area contributed by atoms with E-state index in [4.69, 9.17) is 5.11 Å². The lowest BCUT2D eigenvalue weighted by molar-refractivity contribution is -0.136. The van der Waals surface area contributed by atoms with Crippen LogP contribution in [0.5, 0.6) is 0 Å². The molecular formula is C12H11BrN2O2. The van der Waals surface area contributed by atoms with Crippen molar-refractivity contribution in [3.63, 3.8) is 0 Å². The van der Waals surface area contributed by atoms with Gasteiger partial charge in [0.05, 0.1) is 5.69 Å². The van der Waals surface area contributed by atoms with E-state index >= 15 is 0 Å². The second-order valence-corrected chi connectivity index (χ2v) is 4.48. The highest BCUT2D eigenvalue weighted by molar-refractivity contribution is 9.10. The Morgan fingerprint density at radius 2 is 2.29 bits per heavy atom. The molecule has 4 nitrogen and oxygen atoms in total. The van der Waals surface area contributed by atoms with Gasteiger partial charge in [-0.1, -0.05) is 6.07 Å². The van der Waals surface area contributed by atoms with Crippen LogP contribution in [0.25, 0.3) is 5.69 Å². The first-order valence-corrected chi connectivity index (χ1v) is 5.96. The summed E-state index contributed by atoms with van der Waals surface area (Å²) < 4.78 is 2.66. The largest absolute Gasteiger partial charge is 0.481 e. The Morgan fingerprint density at radius 3 is 2.88 bits per heavy atom. The molecule has 0 bridgehead atoms. The Morgan fingerprint density at radius 1 is 1.47 bits per heavy atom. The minimum Gasteiger partial charge on any atom is -0.481 e. The SMILES string of the molecule is O=C(O)CCc1ccc(-n2cccn2)c(Br)c1. The molecule has 1 aromatic carbocycles. The molecule has 0 aliphatic carbocycles. The van der Waals surface area contributed by atoms with Crippen molar-refractivity contribution in [3.05, 3.63) is 46.7 Å². The van der Waals surface area contributed by atoms with Crippen molar-refractivity contribution in [3.8, 4) is 5.69 Å². The van der Waals surface area contributed by atoms with Crippen LogP contribution < -0.4 is 0 Å². The molecule has 17 heavy (non-hydrogen) atoms. The summed E-state index contributed by atoms with van der Waals surface area (Å²) in [5.74, 6) is -0.780. The Balaban J connectivity index is 2.20. The Labute approximate surface area is 107 Å². The van der Waals surface area contributed by atoms with Crippen molar-refractivity contribution in [1.82, 2.24) is 9.78 Å². The van der Waals surface area contributed by atoms with Gasteiger partial charge in [0.2, 0.25) is 0 Å². The second-order valence-electron chi connectivity index (χ2n) is 3.63. The summed E-state index contributed by atoms with van der Waals surface area (Å²) >= 11 is 3.47. The third-order valence-corrected chi connectivity index (χ3v) is 3.03. The quantitative estimate of drug-likeness (QED) is 0.943. The number of aromatic nitrogens is 2. The van der Waals surface area contributed by atoms with E-state index in [-0.39, 0.29) is 6.42 Å². The molecule has 1 heterocycles. The first-order chi connectivity index (χ1) is 8.16. The molecule has 0 aliphatic rings. The Kier molecular flexibility index (Phi) is 3.58. The first-order valence-electron chi connectivity index (χ1n) is 5.17. The van der Waals surface area contributed by atoms with E-state index in [0.29, 0.717) is 6.42 Å². The summed E-state index contributed by atoms with van der Waals surface area (Å²) in [6.45, 7) is 0. The summed E-state index contributed by atoms with van der Waals surface area (Å²) in [5, 5.41) is 12.8. The van der Waals surface area contributed by atoms with Crippen LogP contribution in [-0.4, -0.2) is 20.9 Å². The number of benzene rings is 1. The maximum atomic E-state index is 10.5. The number of aliphatic carboxylic acids is 1. The smallest absolute Gasteiger partial charge is 0.303 e. The third-order valence-electron chi connectivity index (χ3n) is 2.39. The lowest BCUT2D eigenvalue weighted by Gasteiger charge is -2.06. The van der Waals surface area contributed by atoms with Crippen LogP contribution in [0.3, 0.4) is 0 Å². The van der Waals surface area contributed by atoms with E-state index in [9.17, 15) is 4.79 Å². The summed E-state index contributed by atoms with van der Waals surface area (Å²) in [5.41, 5.74) is 1.93. The number of hydrogen-bond donors (Lipinski definition) is 1. The lowest BCUT2D eigenvalue weighted by Crippen LogP contribution is -1.99. The number of carbonyl (C=O) groups is 1. The van der Waals surface area contributed by atoms with Crippen LogP contribution in [0, 0.1) is 0 Å². The maximum absolute atomic E-state index is 10.5. The predicted octanol–water partition coefficient (Wildman–Crippen LogP) is 2.65. The van der Waals surface area contributed by atoms with E-state index in [2.05, 4.69) is 21.0 Å². The Bertz CT molecular complexity index is 523. The van der Waals surface area contributed by atoms with E-state index in [1.807, 2.05) is 30.5 Å². The average Bonchev–Trinajstić information content (AvgIpc) is 2.79. The van der Waals surface area contributed by atoms with Gasteiger partial charge in [0, 0.05) is 23.3 Å². The highest BCUT2D eigenvalue weighted by Crippen LogP contribution is 2.22. The monoisotopic (exact) mass is 294 g/mol. The van der Waals surface area contributed by atoms with Gasteiger partial charge in [-0.15, -0.1) is 0 Å². The van der Waals surface area contributed by atoms with Crippen molar-refractivity contribution < 1.29 is 9.90 Å². The third kappa shape index (κ3) is 2.94. The van der Waals surface area contributed by atoms with Crippen molar-refractivity contribution in [1.29, 1.82) is 0 Å². The van der Waals surface area contributed by atoms with Gasteiger partial charge in [0.1, 0.15) is 0 Å². The molecule has 0 atom stereocenters. The predicted molar refractivity (Wildman–Crippen MR) is 67.2 cm³/mol. The van der Waals surface area contributed by atoms with Gasteiger partial charge >= 0.3 is 5.97 Å². The van der Waals surface area contributed by atoms with Crippen molar-refractivity contribution in [2.24, 2.45) is 0 Å². The minimum absolute atomic E-state index is 0.146. The molecule has 0 saturated heterocycles. The number of halogens is 1. The fourth-order valence-electron chi connectivity index (χ4n) is 1.55. The van der Waals surface area contributed by atoms with Crippen LogP contribution in [0.4, 0.5) is 0 Å². The van der Waals surface area contributed by atoms with Crippen LogP contribution >= 0.6 is 15.9 Å². The zero-order valence-corrected chi connectivity index (χ0v) is 10.6. The zero-order chi connectivity index (χ0) is 12.3. The van der Waals surface area contributed by atoms with Gasteiger partial charge in [-0.05, 0) is 46.1 Å². The van der Waals surface area contributed by atoms with Gasteiger partial charge in [-0.25, -0.2) is 4.68 Å². The number of rotatable bonds is 4. The molecule has 0 fully saturated rings. The van der Waals surface area contributed by atoms with Crippen molar-refractivity contribution in [2.75, 3.05) is 0 Å². The molecule has 2 rings (SSSR count). The van der Waals surface area contributed by atoms with E-state index in [1.54, 1.807) is 10.9 Å². The summed E-state index contributed by atoms with van der Waals surface area (Å²) in [6, 6.07) is 7.63. The molecule has 0 aliphatic heterocycles. The van der Waals surface area contributed by atoms with E-state index in [1.165, 1.54) is 0 Å². The topological polar surface area (TPSA) is 55.1 Å². The second kappa shape index (κ2) is 5.14. The van der Waals surface area contributed by atoms with Gasteiger partial charge in [0.15, 0.2) is 0 Å². The van der Waals surface area contributed by atoms with Crippen LogP contribution in [0.1, 0.15) is 12.0 Å². The van der Waals surface area contributed by atoms with Crippen LogP contribution in [0.15, 0.2) is 41.1 Å². The highest BCUT2D eigenvalue weighted by atomic mass is 79.9. The molecule has 0 amide bonds. The summed E-state index contributed by atoms with van der Waals surface area (Å²) in [6.07, 6.45) is 4.25. The fraction of sp³-hybridized carbons (Fsp3) is 0.167. The van der Waals surface area contributed by atoms with Crippen molar-refractivity contribution in [2.45, 2.75) is 12.8 Å². The fourth-order valence-corrected chi connectivity index (χ4v) is 2.16. The maximum Gasteiger partial charge on any atom is 0.303 e. The van der Waals surface area contributed by atoms with E-state index in [0.717, 1.165) is 15.7 Å². The van der Waals surface area contributed by atoms with Crippen LogP contribution in [0.2, 0.25) is 0 Å². The van der Waals surface area contributed by atoms with E-state index < -0.39 is 5.97 Å². The molecule has 0 radical (unpaired) electrons. The number of hydrogen-bond acceptors (Lipinski definition) is 2. The van der Waals surface area contributed by atoms with Crippen LogP contribution in [-0.2, 0) is 11.2 Å². The van der Waals surface area contributed by atoms with Crippen molar-refractivity contribution >= 4 is 21.9 Å². The molecule has 0 saturated carbocycles. The van der Waals surface area contributed by atoms with Gasteiger partial charge in [0.25, 0.3) is 0 Å². The number of carboxylic acids is 1. The lowest BCUT2D eigenvalue weighted by atomic mass is 10.1. The number of carboxylic acid groups (broad SMARTS) is 1. The standard InChI is InChI=1S/C12H11BrN2O2/c13-10-8-9(3-5-12(16)17)2-4-11(10)15-7-1-6-14-15/h1-2,4,6-8H,3,5H2,(H,16,17). The molecule has 0 unspecified atom stereocenters. The average molecular weight is 295 g/mol. The Hall–Kier alpha value is -1.62. The minimum atomic E-state index is -0.780. The summed E-state index contributed by atoms with van der Waals surface area (Å²) in [7, 11) is 0. The zero-order valence-electron chi connectivity index (χ0n) is 9.01. The molecule has 5 heteroatoms. The van der Waals surface area contributed by atoms with Gasteiger partial charge in [-0.2, -0.15) is 5.10 Å². The number of nitrogens with zero attached hydrogens (tertiary/aromatic N) is 2. The molecular weight excluding hydrogens is 284 g/mol. The van der Waals surface area contributed by atoms with Gasteiger partial charge < -0.3 is 5.11 Å². The normalized spacial score (nSPS) is 10.4. The molecule has 2 aromatic rings.